The van der Waals surface area contributed by atoms with Gasteiger partial charge >= 0.3 is 0 Å². The Hall–Kier alpha value is -3.62. The third kappa shape index (κ3) is 4.59. The fraction of sp³-hybridized carbons (Fsp3) is 0.222. The highest BCUT2D eigenvalue weighted by atomic mass is 32.1. The Balaban J connectivity index is 1.43. The van der Waals surface area contributed by atoms with Gasteiger partial charge in [0.15, 0.2) is 0 Å². The summed E-state index contributed by atoms with van der Waals surface area (Å²) in [5.41, 5.74) is 7.76. The minimum absolute atomic E-state index is 0.0940. The van der Waals surface area contributed by atoms with Crippen LogP contribution in [0.25, 0.3) is 42.1 Å². The van der Waals surface area contributed by atoms with Crippen LogP contribution in [0.5, 0.6) is 0 Å². The molecule has 0 radical (unpaired) electrons. The molecule has 0 aliphatic carbocycles. The van der Waals surface area contributed by atoms with Crippen LogP contribution in [0.15, 0.2) is 97.1 Å². The summed E-state index contributed by atoms with van der Waals surface area (Å²) in [6.07, 6.45) is 0. The summed E-state index contributed by atoms with van der Waals surface area (Å²) in [6, 6.07) is 35.9. The summed E-state index contributed by atoms with van der Waals surface area (Å²) < 4.78 is 2.64. The van der Waals surface area contributed by atoms with Gasteiger partial charge in [-0.15, -0.1) is 11.3 Å². The Morgan fingerprint density at radius 3 is 1.97 bits per heavy atom. The number of hydrogen-bond acceptors (Lipinski definition) is 2. The van der Waals surface area contributed by atoms with E-state index in [4.69, 9.17) is 0 Å². The summed E-state index contributed by atoms with van der Waals surface area (Å²) in [4.78, 5) is 0. The lowest BCUT2D eigenvalue weighted by Crippen LogP contribution is -2.16. The fourth-order valence-corrected chi connectivity index (χ4v) is 6.33. The smallest absolute Gasteiger partial charge is 0.0478 e. The second-order valence-electron chi connectivity index (χ2n) is 12.5. The summed E-state index contributed by atoms with van der Waals surface area (Å²) in [6.45, 7) is 13.8. The maximum Gasteiger partial charge on any atom is 0.0478 e. The number of hydrogen-bond donors (Lipinski definition) is 1. The molecular formula is C36H35NS. The first-order valence-corrected chi connectivity index (χ1v) is 14.3. The van der Waals surface area contributed by atoms with Gasteiger partial charge in [0.2, 0.25) is 0 Å². The first-order valence-electron chi connectivity index (χ1n) is 13.4. The van der Waals surface area contributed by atoms with E-state index in [1.54, 1.807) is 0 Å². The lowest BCUT2D eigenvalue weighted by molar-refractivity contribution is 0.569. The van der Waals surface area contributed by atoms with Crippen molar-refractivity contribution in [2.24, 2.45) is 0 Å². The molecule has 0 fully saturated rings. The lowest BCUT2D eigenvalue weighted by atomic mass is 9.79. The van der Waals surface area contributed by atoms with Gasteiger partial charge in [-0.3, -0.25) is 0 Å². The second-order valence-corrected chi connectivity index (χ2v) is 13.6. The fourth-order valence-electron chi connectivity index (χ4n) is 5.20. The van der Waals surface area contributed by atoms with Crippen LogP contribution in [0.2, 0.25) is 0 Å². The van der Waals surface area contributed by atoms with Crippen LogP contribution in [0.1, 0.15) is 52.7 Å². The van der Waals surface area contributed by atoms with Gasteiger partial charge in [-0.05, 0) is 80.3 Å². The Morgan fingerprint density at radius 2 is 1.24 bits per heavy atom. The maximum atomic E-state index is 3.74. The van der Waals surface area contributed by atoms with Gasteiger partial charge in [0.05, 0.1) is 0 Å². The van der Waals surface area contributed by atoms with Crippen LogP contribution < -0.4 is 5.32 Å². The monoisotopic (exact) mass is 513 g/mol. The Morgan fingerprint density at radius 1 is 0.553 bits per heavy atom. The van der Waals surface area contributed by atoms with Crippen molar-refractivity contribution in [3.8, 4) is 11.1 Å². The van der Waals surface area contributed by atoms with E-state index in [-0.39, 0.29) is 10.8 Å². The summed E-state index contributed by atoms with van der Waals surface area (Å²) in [5.74, 6) is 0. The van der Waals surface area contributed by atoms with Crippen molar-refractivity contribution in [2.75, 3.05) is 5.32 Å². The number of anilines is 2. The van der Waals surface area contributed by atoms with Crippen LogP contribution in [0.3, 0.4) is 0 Å². The molecule has 38 heavy (non-hydrogen) atoms. The van der Waals surface area contributed by atoms with Crippen LogP contribution in [-0.2, 0) is 10.8 Å². The number of thiophene rings is 1. The van der Waals surface area contributed by atoms with E-state index in [1.165, 1.54) is 53.2 Å². The first kappa shape index (κ1) is 24.7. The van der Waals surface area contributed by atoms with Gasteiger partial charge in [0, 0.05) is 31.5 Å². The molecule has 0 aliphatic rings. The van der Waals surface area contributed by atoms with Gasteiger partial charge < -0.3 is 5.32 Å². The molecule has 1 aromatic heterocycles. The predicted molar refractivity (Wildman–Crippen MR) is 169 cm³/mol. The quantitative estimate of drug-likeness (QED) is 0.248. The first-order chi connectivity index (χ1) is 18.1. The van der Waals surface area contributed by atoms with E-state index < -0.39 is 0 Å². The largest absolute Gasteiger partial charge is 0.355 e. The maximum absolute atomic E-state index is 3.74. The highest BCUT2D eigenvalue weighted by Gasteiger charge is 2.21. The highest BCUT2D eigenvalue weighted by Crippen LogP contribution is 2.40. The average molecular weight is 514 g/mol. The van der Waals surface area contributed by atoms with Crippen molar-refractivity contribution >= 4 is 53.7 Å². The van der Waals surface area contributed by atoms with Crippen LogP contribution >= 0.6 is 11.3 Å². The second kappa shape index (κ2) is 8.99. The normalized spacial score (nSPS) is 12.5. The standard InChI is InChI=1S/C36H35NS/c1-35(2,3)27-19-26(20-28(22-27)36(4,5)6)24-15-14-23-16-17-29(21-25(23)18-24)37-31-11-9-13-33-34(31)30-10-7-8-12-32(30)38-33/h7-22,37H,1-6H3. The van der Waals surface area contributed by atoms with E-state index in [9.17, 15) is 0 Å². The molecule has 0 bridgehead atoms. The van der Waals surface area contributed by atoms with Crippen molar-refractivity contribution in [3.05, 3.63) is 108 Å². The molecule has 5 aromatic carbocycles. The van der Waals surface area contributed by atoms with Gasteiger partial charge in [-0.2, -0.15) is 0 Å². The number of rotatable bonds is 3. The zero-order valence-corrected chi connectivity index (χ0v) is 24.0. The minimum Gasteiger partial charge on any atom is -0.355 e. The molecule has 190 valence electrons. The minimum atomic E-state index is 0.0940. The molecular weight excluding hydrogens is 478 g/mol. The average Bonchev–Trinajstić information content (AvgIpc) is 3.27. The van der Waals surface area contributed by atoms with Gasteiger partial charge in [-0.25, -0.2) is 0 Å². The Labute approximate surface area is 230 Å². The van der Waals surface area contributed by atoms with Crippen molar-refractivity contribution in [2.45, 2.75) is 52.4 Å². The summed E-state index contributed by atoms with van der Waals surface area (Å²) in [5, 5.41) is 8.85. The summed E-state index contributed by atoms with van der Waals surface area (Å²) >= 11 is 1.85. The molecule has 0 amide bonds. The topological polar surface area (TPSA) is 12.0 Å². The van der Waals surface area contributed by atoms with Crippen LogP contribution in [0.4, 0.5) is 11.4 Å². The molecule has 0 saturated carbocycles. The van der Waals surface area contributed by atoms with E-state index >= 15 is 0 Å². The molecule has 0 unspecified atom stereocenters. The Kier molecular flexibility index (Phi) is 5.85. The molecule has 0 spiro atoms. The molecule has 0 aliphatic heterocycles. The SMILES string of the molecule is CC(C)(C)c1cc(-c2ccc3ccc(Nc4cccc5sc6ccccc6c45)cc3c2)cc(C(C)(C)C)c1. The van der Waals surface area contributed by atoms with Crippen molar-refractivity contribution in [3.63, 3.8) is 0 Å². The van der Waals surface area contributed by atoms with Crippen molar-refractivity contribution in [1.82, 2.24) is 0 Å². The van der Waals surface area contributed by atoms with Crippen molar-refractivity contribution in [1.29, 1.82) is 0 Å². The lowest BCUT2D eigenvalue weighted by Gasteiger charge is -2.26. The molecule has 0 saturated heterocycles. The van der Waals surface area contributed by atoms with E-state index in [1.807, 2.05) is 11.3 Å². The highest BCUT2D eigenvalue weighted by molar-refractivity contribution is 7.25. The third-order valence-corrected chi connectivity index (χ3v) is 8.66. The van der Waals surface area contributed by atoms with Gasteiger partial charge in [-0.1, -0.05) is 102 Å². The van der Waals surface area contributed by atoms with Crippen molar-refractivity contribution < 1.29 is 0 Å². The van der Waals surface area contributed by atoms with Crippen LogP contribution in [0, 0.1) is 0 Å². The molecule has 0 atom stereocenters. The number of benzene rings is 5. The third-order valence-electron chi connectivity index (χ3n) is 7.52. The Bertz CT molecular complexity index is 1780. The van der Waals surface area contributed by atoms with Gasteiger partial charge in [0.1, 0.15) is 0 Å². The molecule has 6 rings (SSSR count). The molecule has 1 N–H and O–H groups in total. The molecule has 1 nitrogen and oxygen atoms in total. The van der Waals surface area contributed by atoms with E-state index in [2.05, 4.69) is 144 Å². The molecule has 6 aromatic rings. The summed E-state index contributed by atoms with van der Waals surface area (Å²) in [7, 11) is 0. The number of nitrogens with one attached hydrogen (secondary N) is 1. The van der Waals surface area contributed by atoms with E-state index in [0.29, 0.717) is 0 Å². The molecule has 1 heterocycles. The van der Waals surface area contributed by atoms with E-state index in [0.717, 1.165) is 11.4 Å². The predicted octanol–water partition coefficient (Wildman–Crippen LogP) is 11.2. The van der Waals surface area contributed by atoms with Gasteiger partial charge in [0.25, 0.3) is 0 Å². The zero-order chi connectivity index (χ0) is 26.7. The zero-order valence-electron chi connectivity index (χ0n) is 23.1. The number of fused-ring (bicyclic) bond motifs is 4. The van der Waals surface area contributed by atoms with Crippen LogP contribution in [-0.4, -0.2) is 0 Å². The molecule has 2 heteroatoms.